The predicted molar refractivity (Wildman–Crippen MR) is 69.7 cm³/mol. The molecule has 88 valence electrons. The zero-order valence-corrected chi connectivity index (χ0v) is 10.1. The lowest BCUT2D eigenvalue weighted by atomic mass is 10.0. The van der Waals surface area contributed by atoms with Crippen LogP contribution in [0.15, 0.2) is 30.6 Å². The molecule has 2 rings (SSSR count). The van der Waals surface area contributed by atoms with Crippen molar-refractivity contribution in [2.45, 2.75) is 25.3 Å². The van der Waals surface area contributed by atoms with Crippen LogP contribution >= 0.6 is 0 Å². The van der Waals surface area contributed by atoms with Crippen LogP contribution < -0.4 is 5.32 Å². The van der Waals surface area contributed by atoms with Crippen molar-refractivity contribution >= 4 is 5.52 Å². The van der Waals surface area contributed by atoms with Crippen LogP contribution in [-0.4, -0.2) is 16.7 Å². The number of nitrogens with one attached hydrogen (secondary N) is 1. The first-order valence-corrected chi connectivity index (χ1v) is 5.90. The molecule has 0 spiro atoms. The zero-order chi connectivity index (χ0) is 12.1. The van der Waals surface area contributed by atoms with Crippen LogP contribution in [0.3, 0.4) is 0 Å². The summed E-state index contributed by atoms with van der Waals surface area (Å²) in [5.74, 6) is 2.68. The van der Waals surface area contributed by atoms with Crippen LogP contribution in [-0.2, 0) is 0 Å². The van der Waals surface area contributed by atoms with Crippen LogP contribution in [0, 0.1) is 12.3 Å². The molecule has 0 aliphatic heterocycles. The molecule has 0 amide bonds. The lowest BCUT2D eigenvalue weighted by Gasteiger charge is -2.14. The van der Waals surface area contributed by atoms with E-state index in [2.05, 4.69) is 22.4 Å². The fraction of sp³-hybridized carbons (Fsp3) is 0.357. The molecule has 0 aliphatic carbocycles. The normalized spacial score (nSPS) is 12.5. The highest BCUT2D eigenvalue weighted by molar-refractivity contribution is 5.54. The standard InChI is InChI=1S/C14H17N3/c1-3-4-5-8-13(15-2)12-11-16-17-10-7-6-9-14(12)17/h1,6-7,9-11,13,15H,4-5,8H2,2H3. The molecule has 0 bridgehead atoms. The van der Waals surface area contributed by atoms with Gasteiger partial charge in [0.15, 0.2) is 0 Å². The zero-order valence-electron chi connectivity index (χ0n) is 10.1. The second kappa shape index (κ2) is 5.51. The van der Waals surface area contributed by atoms with E-state index in [-0.39, 0.29) is 0 Å². The number of unbranched alkanes of at least 4 members (excludes halogenated alkanes) is 1. The van der Waals surface area contributed by atoms with E-state index in [1.807, 2.05) is 36.1 Å². The van der Waals surface area contributed by atoms with Gasteiger partial charge in [0.25, 0.3) is 0 Å². The fourth-order valence-corrected chi connectivity index (χ4v) is 2.09. The molecule has 3 heteroatoms. The van der Waals surface area contributed by atoms with Gasteiger partial charge in [0.05, 0.1) is 11.7 Å². The number of terminal acetylenes is 1. The summed E-state index contributed by atoms with van der Waals surface area (Å²) < 4.78 is 1.90. The van der Waals surface area contributed by atoms with Gasteiger partial charge in [0, 0.05) is 24.2 Å². The lowest BCUT2D eigenvalue weighted by molar-refractivity contribution is 0.535. The van der Waals surface area contributed by atoms with E-state index in [0.717, 1.165) is 24.8 Å². The summed E-state index contributed by atoms with van der Waals surface area (Å²) >= 11 is 0. The average molecular weight is 227 g/mol. The van der Waals surface area contributed by atoms with Crippen LogP contribution in [0.5, 0.6) is 0 Å². The molecule has 0 aliphatic rings. The number of rotatable bonds is 5. The highest BCUT2D eigenvalue weighted by Gasteiger charge is 2.13. The van der Waals surface area contributed by atoms with Crippen molar-refractivity contribution in [2.75, 3.05) is 7.05 Å². The molecule has 0 radical (unpaired) electrons. The molecular formula is C14H17N3. The Kier molecular flexibility index (Phi) is 3.79. The van der Waals surface area contributed by atoms with Gasteiger partial charge in [-0.15, -0.1) is 12.3 Å². The average Bonchev–Trinajstić information content (AvgIpc) is 2.79. The Morgan fingerprint density at radius 1 is 1.53 bits per heavy atom. The van der Waals surface area contributed by atoms with Crippen molar-refractivity contribution in [3.63, 3.8) is 0 Å². The van der Waals surface area contributed by atoms with Crippen molar-refractivity contribution in [2.24, 2.45) is 0 Å². The van der Waals surface area contributed by atoms with Crippen LogP contribution in [0.2, 0.25) is 0 Å². The first-order chi connectivity index (χ1) is 8.36. The van der Waals surface area contributed by atoms with E-state index < -0.39 is 0 Å². The Bertz CT molecular complexity index is 521. The largest absolute Gasteiger partial charge is 0.313 e. The van der Waals surface area contributed by atoms with Gasteiger partial charge in [-0.05, 0) is 32.0 Å². The van der Waals surface area contributed by atoms with Crippen molar-refractivity contribution in [1.82, 2.24) is 14.9 Å². The van der Waals surface area contributed by atoms with Gasteiger partial charge in [-0.2, -0.15) is 5.10 Å². The Balaban J connectivity index is 2.21. The van der Waals surface area contributed by atoms with E-state index in [1.54, 1.807) is 0 Å². The molecule has 2 aromatic heterocycles. The maximum Gasteiger partial charge on any atom is 0.0709 e. The SMILES string of the molecule is C#CCCCC(NC)c1cnn2ccccc12. The number of hydrogen-bond donors (Lipinski definition) is 1. The maximum absolute atomic E-state index is 5.28. The molecule has 1 atom stereocenters. The molecule has 1 unspecified atom stereocenters. The highest BCUT2D eigenvalue weighted by atomic mass is 15.2. The third-order valence-corrected chi connectivity index (χ3v) is 2.99. The van der Waals surface area contributed by atoms with E-state index in [9.17, 15) is 0 Å². The molecule has 3 nitrogen and oxygen atoms in total. The van der Waals surface area contributed by atoms with Crippen LogP contribution in [0.25, 0.3) is 5.52 Å². The number of hydrogen-bond acceptors (Lipinski definition) is 2. The van der Waals surface area contributed by atoms with E-state index >= 15 is 0 Å². The second-order valence-corrected chi connectivity index (χ2v) is 4.07. The Morgan fingerprint density at radius 3 is 3.18 bits per heavy atom. The summed E-state index contributed by atoms with van der Waals surface area (Å²) in [5.41, 5.74) is 2.40. The summed E-state index contributed by atoms with van der Waals surface area (Å²) in [6, 6.07) is 6.43. The molecular weight excluding hydrogens is 210 g/mol. The van der Waals surface area contributed by atoms with Crippen molar-refractivity contribution < 1.29 is 0 Å². The van der Waals surface area contributed by atoms with Gasteiger partial charge in [-0.3, -0.25) is 0 Å². The molecule has 0 saturated carbocycles. The van der Waals surface area contributed by atoms with Crippen molar-refractivity contribution in [1.29, 1.82) is 0 Å². The first-order valence-electron chi connectivity index (χ1n) is 5.90. The van der Waals surface area contributed by atoms with E-state index in [1.165, 1.54) is 5.56 Å². The second-order valence-electron chi connectivity index (χ2n) is 4.07. The molecule has 2 heterocycles. The third-order valence-electron chi connectivity index (χ3n) is 2.99. The molecule has 0 fully saturated rings. The van der Waals surface area contributed by atoms with E-state index in [0.29, 0.717) is 6.04 Å². The number of aromatic nitrogens is 2. The Morgan fingerprint density at radius 2 is 2.41 bits per heavy atom. The molecule has 1 N–H and O–H groups in total. The topological polar surface area (TPSA) is 29.3 Å². The van der Waals surface area contributed by atoms with Crippen LogP contribution in [0.1, 0.15) is 30.9 Å². The minimum atomic E-state index is 0.322. The van der Waals surface area contributed by atoms with Crippen LogP contribution in [0.4, 0.5) is 0 Å². The van der Waals surface area contributed by atoms with Crippen molar-refractivity contribution in [3.8, 4) is 12.3 Å². The molecule has 0 saturated heterocycles. The van der Waals surface area contributed by atoms with E-state index in [4.69, 9.17) is 6.42 Å². The molecule has 2 aromatic rings. The van der Waals surface area contributed by atoms with Gasteiger partial charge >= 0.3 is 0 Å². The van der Waals surface area contributed by atoms with Crippen molar-refractivity contribution in [3.05, 3.63) is 36.2 Å². The highest BCUT2D eigenvalue weighted by Crippen LogP contribution is 2.23. The summed E-state index contributed by atoms with van der Waals surface area (Å²) in [7, 11) is 1.98. The Hall–Kier alpha value is -1.79. The number of pyridine rings is 1. The lowest BCUT2D eigenvalue weighted by Crippen LogP contribution is -2.16. The van der Waals surface area contributed by atoms with Gasteiger partial charge in [0.1, 0.15) is 0 Å². The molecule has 17 heavy (non-hydrogen) atoms. The fourth-order valence-electron chi connectivity index (χ4n) is 2.09. The van der Waals surface area contributed by atoms with Gasteiger partial charge in [-0.1, -0.05) is 6.07 Å². The summed E-state index contributed by atoms with van der Waals surface area (Å²) in [5, 5.41) is 7.69. The molecule has 0 aromatic carbocycles. The minimum Gasteiger partial charge on any atom is -0.313 e. The third kappa shape index (κ3) is 2.48. The van der Waals surface area contributed by atoms with Gasteiger partial charge in [0.2, 0.25) is 0 Å². The smallest absolute Gasteiger partial charge is 0.0709 e. The Labute approximate surface area is 102 Å². The summed E-state index contributed by atoms with van der Waals surface area (Å²) in [6.07, 6.45) is 12.1. The first kappa shape index (κ1) is 11.7. The minimum absolute atomic E-state index is 0.322. The summed E-state index contributed by atoms with van der Waals surface area (Å²) in [6.45, 7) is 0. The monoisotopic (exact) mass is 227 g/mol. The van der Waals surface area contributed by atoms with Gasteiger partial charge < -0.3 is 5.32 Å². The summed E-state index contributed by atoms with van der Waals surface area (Å²) in [4.78, 5) is 0. The number of nitrogens with zero attached hydrogens (tertiary/aromatic N) is 2. The maximum atomic E-state index is 5.28. The van der Waals surface area contributed by atoms with Gasteiger partial charge in [-0.25, -0.2) is 4.52 Å². The quantitative estimate of drug-likeness (QED) is 0.628. The predicted octanol–water partition coefficient (Wildman–Crippen LogP) is 2.40. The number of fused-ring (bicyclic) bond motifs is 1.